The number of carbonyl (C=O) groups excluding carboxylic acids is 3. The van der Waals surface area contributed by atoms with Crippen LogP contribution in [0.25, 0.3) is 11.1 Å². The van der Waals surface area contributed by atoms with Gasteiger partial charge in [-0.05, 0) is 67.7 Å². The van der Waals surface area contributed by atoms with Gasteiger partial charge in [0.1, 0.15) is 24.3 Å². The lowest BCUT2D eigenvalue weighted by atomic mass is 9.98. The Bertz CT molecular complexity index is 1100. The highest BCUT2D eigenvalue weighted by Gasteiger charge is 2.32. The fraction of sp³-hybridized carbons (Fsp3) is 0.516. The Kier molecular flexibility index (Phi) is 11.4. The second-order valence-electron chi connectivity index (χ2n) is 11.9. The van der Waals surface area contributed by atoms with Gasteiger partial charge in [-0.1, -0.05) is 76.2 Å². The summed E-state index contributed by atoms with van der Waals surface area (Å²) >= 11 is 0. The molecular formula is C31H43ClN2O5. The van der Waals surface area contributed by atoms with E-state index in [0.717, 1.165) is 22.3 Å². The smallest absolute Gasteiger partial charge is 0.407 e. The number of esters is 1. The van der Waals surface area contributed by atoms with Crippen LogP contribution in [0.4, 0.5) is 4.79 Å². The molecule has 2 N–H and O–H groups in total. The van der Waals surface area contributed by atoms with E-state index in [1.165, 1.54) is 0 Å². The monoisotopic (exact) mass is 558 g/mol. The molecule has 0 saturated heterocycles. The maximum Gasteiger partial charge on any atom is 0.407 e. The number of fused-ring (bicyclic) bond motifs is 3. The van der Waals surface area contributed by atoms with E-state index in [2.05, 4.69) is 34.9 Å². The van der Waals surface area contributed by atoms with Crippen LogP contribution in [-0.4, -0.2) is 42.3 Å². The standard InChI is InChI=1S/C31H42N2O5.ClH/c1-19(2)16-26(28(34)32-27(17-20(3)4)29(35)38-31(5,6)7)33-30(36)37-18-25-23-14-10-8-12-21(23)22-13-9-11-15-24(22)25;/h8-15,19-20,25-27H,16-18H2,1-7H3,(H,32,34)(H,33,36);1H/t26-,27-;/m0./s1. The summed E-state index contributed by atoms with van der Waals surface area (Å²) in [4.78, 5) is 39.0. The summed E-state index contributed by atoms with van der Waals surface area (Å²) in [6.07, 6.45) is 0.170. The topological polar surface area (TPSA) is 93.7 Å². The fourth-order valence-corrected chi connectivity index (χ4v) is 4.82. The molecule has 0 saturated carbocycles. The van der Waals surface area contributed by atoms with Crippen LogP contribution in [0.1, 0.15) is 78.4 Å². The number of halogens is 1. The highest BCUT2D eigenvalue weighted by molar-refractivity contribution is 5.90. The van der Waals surface area contributed by atoms with Gasteiger partial charge in [0.05, 0.1) is 0 Å². The Balaban J connectivity index is 0.00000533. The van der Waals surface area contributed by atoms with Gasteiger partial charge in [0.2, 0.25) is 5.91 Å². The second kappa shape index (κ2) is 13.8. The number of rotatable bonds is 10. The zero-order valence-corrected chi connectivity index (χ0v) is 24.9. The van der Waals surface area contributed by atoms with E-state index < -0.39 is 35.7 Å². The number of alkyl carbamates (subject to hydrolysis) is 1. The first kappa shape index (κ1) is 32.2. The average molecular weight is 559 g/mol. The van der Waals surface area contributed by atoms with E-state index in [1.54, 1.807) is 20.8 Å². The van der Waals surface area contributed by atoms with Crippen molar-refractivity contribution >= 4 is 30.4 Å². The lowest BCUT2D eigenvalue weighted by molar-refractivity contribution is -0.159. The molecule has 0 unspecified atom stereocenters. The average Bonchev–Trinajstić information content (AvgIpc) is 3.14. The first-order valence-electron chi connectivity index (χ1n) is 13.5. The molecule has 0 bridgehead atoms. The molecular weight excluding hydrogens is 516 g/mol. The summed E-state index contributed by atoms with van der Waals surface area (Å²) < 4.78 is 11.2. The third kappa shape index (κ3) is 8.99. The van der Waals surface area contributed by atoms with Gasteiger partial charge < -0.3 is 20.1 Å². The van der Waals surface area contributed by atoms with E-state index >= 15 is 0 Å². The van der Waals surface area contributed by atoms with Crippen LogP contribution in [0.15, 0.2) is 48.5 Å². The summed E-state index contributed by atoms with van der Waals surface area (Å²) in [7, 11) is 0. The van der Waals surface area contributed by atoms with Crippen molar-refractivity contribution in [2.45, 2.75) is 84.9 Å². The Morgan fingerprint density at radius 3 is 1.77 bits per heavy atom. The summed E-state index contributed by atoms with van der Waals surface area (Å²) in [6.45, 7) is 13.4. The van der Waals surface area contributed by atoms with Crippen LogP contribution in [0.5, 0.6) is 0 Å². The van der Waals surface area contributed by atoms with Gasteiger partial charge in [-0.3, -0.25) is 4.79 Å². The molecule has 2 aromatic carbocycles. The lowest BCUT2D eigenvalue weighted by Gasteiger charge is -2.27. The number of nitrogens with one attached hydrogen (secondary N) is 2. The van der Waals surface area contributed by atoms with Crippen molar-refractivity contribution in [3.63, 3.8) is 0 Å². The number of amides is 2. The molecule has 0 aromatic heterocycles. The Hall–Kier alpha value is -3.06. The van der Waals surface area contributed by atoms with E-state index in [1.807, 2.05) is 52.0 Å². The number of hydrogen-bond acceptors (Lipinski definition) is 5. The van der Waals surface area contributed by atoms with Gasteiger partial charge in [-0.25, -0.2) is 9.59 Å². The Labute approximate surface area is 238 Å². The molecule has 1 aliphatic rings. The largest absolute Gasteiger partial charge is 0.458 e. The summed E-state index contributed by atoms with van der Waals surface area (Å²) in [5.74, 6) is -0.697. The molecule has 2 atom stereocenters. The molecule has 0 spiro atoms. The van der Waals surface area contributed by atoms with Crippen LogP contribution in [-0.2, 0) is 19.1 Å². The fourth-order valence-electron chi connectivity index (χ4n) is 4.82. The molecule has 0 heterocycles. The van der Waals surface area contributed by atoms with Crippen LogP contribution in [0.2, 0.25) is 0 Å². The van der Waals surface area contributed by atoms with Crippen molar-refractivity contribution in [1.82, 2.24) is 10.6 Å². The number of ether oxygens (including phenoxy) is 2. The van der Waals surface area contributed by atoms with Crippen molar-refractivity contribution in [1.29, 1.82) is 0 Å². The summed E-state index contributed by atoms with van der Waals surface area (Å²) in [5, 5.41) is 5.56. The number of benzene rings is 2. The summed E-state index contributed by atoms with van der Waals surface area (Å²) in [6, 6.07) is 14.6. The molecule has 39 heavy (non-hydrogen) atoms. The van der Waals surface area contributed by atoms with Gasteiger partial charge in [-0.2, -0.15) is 0 Å². The van der Waals surface area contributed by atoms with E-state index in [4.69, 9.17) is 9.47 Å². The first-order valence-corrected chi connectivity index (χ1v) is 13.5. The molecule has 0 radical (unpaired) electrons. The minimum absolute atomic E-state index is 0. The van der Waals surface area contributed by atoms with E-state index in [-0.39, 0.29) is 36.8 Å². The molecule has 0 fully saturated rings. The SMILES string of the molecule is CC(C)C[C@H](NC(=O)OCC1c2ccccc2-c2ccccc21)C(=O)N[C@@H](CC(C)C)C(=O)OC(C)(C)C.Cl. The van der Waals surface area contributed by atoms with Crippen LogP contribution >= 0.6 is 12.4 Å². The molecule has 1 aliphatic carbocycles. The molecule has 7 nitrogen and oxygen atoms in total. The van der Waals surface area contributed by atoms with Crippen LogP contribution < -0.4 is 10.6 Å². The lowest BCUT2D eigenvalue weighted by Crippen LogP contribution is -2.53. The molecule has 0 aliphatic heterocycles. The normalized spacial score (nSPS) is 14.1. The van der Waals surface area contributed by atoms with Crippen molar-refractivity contribution < 1.29 is 23.9 Å². The number of hydrogen-bond donors (Lipinski definition) is 2. The van der Waals surface area contributed by atoms with Gasteiger partial charge >= 0.3 is 12.1 Å². The zero-order valence-electron chi connectivity index (χ0n) is 24.1. The van der Waals surface area contributed by atoms with Gasteiger partial charge in [-0.15, -0.1) is 12.4 Å². The van der Waals surface area contributed by atoms with Gasteiger partial charge in [0.15, 0.2) is 0 Å². The maximum atomic E-state index is 13.3. The highest BCUT2D eigenvalue weighted by Crippen LogP contribution is 2.44. The van der Waals surface area contributed by atoms with Gasteiger partial charge in [0.25, 0.3) is 0 Å². The van der Waals surface area contributed by atoms with Crippen LogP contribution in [0.3, 0.4) is 0 Å². The third-order valence-electron chi connectivity index (χ3n) is 6.37. The molecule has 2 amide bonds. The molecule has 8 heteroatoms. The predicted molar refractivity (Wildman–Crippen MR) is 156 cm³/mol. The van der Waals surface area contributed by atoms with Crippen molar-refractivity contribution in [3.8, 4) is 11.1 Å². The predicted octanol–water partition coefficient (Wildman–Crippen LogP) is 6.23. The molecule has 214 valence electrons. The van der Waals surface area contributed by atoms with Crippen molar-refractivity contribution in [2.75, 3.05) is 6.61 Å². The highest BCUT2D eigenvalue weighted by atomic mass is 35.5. The zero-order chi connectivity index (χ0) is 28.0. The third-order valence-corrected chi connectivity index (χ3v) is 6.37. The minimum atomic E-state index is -0.845. The number of carbonyl (C=O) groups is 3. The Morgan fingerprint density at radius 2 is 1.28 bits per heavy atom. The minimum Gasteiger partial charge on any atom is -0.458 e. The second-order valence-corrected chi connectivity index (χ2v) is 11.9. The van der Waals surface area contributed by atoms with Crippen molar-refractivity contribution in [2.24, 2.45) is 11.8 Å². The van der Waals surface area contributed by atoms with E-state index in [9.17, 15) is 14.4 Å². The Morgan fingerprint density at radius 1 is 0.795 bits per heavy atom. The summed E-state index contributed by atoms with van der Waals surface area (Å²) in [5.41, 5.74) is 3.85. The van der Waals surface area contributed by atoms with Gasteiger partial charge in [0, 0.05) is 5.92 Å². The maximum absolute atomic E-state index is 13.3. The van der Waals surface area contributed by atoms with Crippen LogP contribution in [0, 0.1) is 11.8 Å². The molecule has 2 aromatic rings. The van der Waals surface area contributed by atoms with Crippen molar-refractivity contribution in [3.05, 3.63) is 59.7 Å². The van der Waals surface area contributed by atoms with E-state index in [0.29, 0.717) is 12.8 Å². The first-order chi connectivity index (χ1) is 17.9. The quantitative estimate of drug-likeness (QED) is 0.337. The molecule has 3 rings (SSSR count).